The topological polar surface area (TPSA) is 162 Å². The summed E-state index contributed by atoms with van der Waals surface area (Å²) in [5.74, 6) is 0.817. The Labute approximate surface area is 238 Å². The Morgan fingerprint density at radius 1 is 1.10 bits per heavy atom. The van der Waals surface area contributed by atoms with Gasteiger partial charge in [-0.1, -0.05) is 30.3 Å². The molecule has 1 aliphatic rings. The van der Waals surface area contributed by atoms with Crippen molar-refractivity contribution in [2.45, 2.75) is 36.2 Å². The third kappa shape index (κ3) is 6.54. The fourth-order valence-corrected chi connectivity index (χ4v) is 6.22. The highest BCUT2D eigenvalue weighted by molar-refractivity contribution is 7.91. The summed E-state index contributed by atoms with van der Waals surface area (Å²) < 4.78 is 34.3. The maximum Gasteiger partial charge on any atom is 0.216 e. The van der Waals surface area contributed by atoms with E-state index >= 15 is 0 Å². The van der Waals surface area contributed by atoms with Crippen molar-refractivity contribution in [2.75, 3.05) is 31.5 Å². The summed E-state index contributed by atoms with van der Waals surface area (Å²) in [7, 11) is -4.03. The molecule has 1 fully saturated rings. The molecule has 12 heteroatoms. The minimum Gasteiger partial charge on any atom is -0.368 e. The van der Waals surface area contributed by atoms with Gasteiger partial charge in [0.1, 0.15) is 11.5 Å². The highest BCUT2D eigenvalue weighted by Crippen LogP contribution is 2.35. The molecule has 2 aromatic carbocycles. The number of aromatic nitrogens is 3. The lowest BCUT2D eigenvalue weighted by Crippen LogP contribution is -2.34. The molecule has 1 atom stereocenters. The second kappa shape index (κ2) is 12.5. The molecule has 11 nitrogen and oxygen atoms in total. The third-order valence-electron chi connectivity index (χ3n) is 6.78. The van der Waals surface area contributed by atoms with Crippen molar-refractivity contribution >= 4 is 32.6 Å². The molecule has 0 bridgehead atoms. The Morgan fingerprint density at radius 2 is 1.83 bits per heavy atom. The molecule has 41 heavy (non-hydrogen) atoms. The van der Waals surface area contributed by atoms with E-state index in [1.807, 2.05) is 36.4 Å². The molecule has 1 saturated heterocycles. The van der Waals surface area contributed by atoms with Crippen molar-refractivity contribution < 1.29 is 17.9 Å². The summed E-state index contributed by atoms with van der Waals surface area (Å²) >= 11 is 0. The Balaban J connectivity index is 1.58. The molecule has 4 aromatic rings. The van der Waals surface area contributed by atoms with Gasteiger partial charge in [-0.2, -0.15) is 5.26 Å². The molecule has 4 N–H and O–H groups in total. The van der Waals surface area contributed by atoms with Crippen LogP contribution in [0.4, 0.5) is 5.82 Å². The number of aromatic amines is 1. The number of hydrogen-bond donors (Lipinski definition) is 4. The second-order valence-corrected chi connectivity index (χ2v) is 11.7. The Hall–Kier alpha value is -4.31. The summed E-state index contributed by atoms with van der Waals surface area (Å²) in [6.07, 6.45) is 1.09. The van der Waals surface area contributed by atoms with Crippen molar-refractivity contribution in [1.29, 1.82) is 5.26 Å². The zero-order valence-electron chi connectivity index (χ0n) is 22.6. The monoisotopic (exact) mass is 573 g/mol. The predicted octanol–water partition coefficient (Wildman–Crippen LogP) is 3.29. The molecular weight excluding hydrogens is 542 g/mol. The van der Waals surface area contributed by atoms with Crippen molar-refractivity contribution in [3.8, 4) is 17.5 Å². The van der Waals surface area contributed by atoms with Gasteiger partial charge in [0.15, 0.2) is 5.82 Å². The van der Waals surface area contributed by atoms with Gasteiger partial charge in [-0.3, -0.25) is 4.79 Å². The lowest BCUT2D eigenvalue weighted by molar-refractivity contribution is -0.118. The van der Waals surface area contributed by atoms with Crippen LogP contribution in [-0.4, -0.2) is 61.6 Å². The highest BCUT2D eigenvalue weighted by Gasteiger charge is 2.35. The second-order valence-electron chi connectivity index (χ2n) is 9.76. The van der Waals surface area contributed by atoms with Crippen molar-refractivity contribution in [3.63, 3.8) is 0 Å². The van der Waals surface area contributed by atoms with Crippen molar-refractivity contribution in [2.24, 2.45) is 0 Å². The van der Waals surface area contributed by atoms with Crippen molar-refractivity contribution in [1.82, 2.24) is 25.6 Å². The lowest BCUT2D eigenvalue weighted by atomic mass is 10.1. The minimum atomic E-state index is -4.03. The van der Waals surface area contributed by atoms with Gasteiger partial charge < -0.3 is 25.7 Å². The summed E-state index contributed by atoms with van der Waals surface area (Å²) in [6.45, 7) is 3.70. The largest absolute Gasteiger partial charge is 0.368 e. The number of ether oxygens (including phenoxy) is 1. The Morgan fingerprint density at radius 3 is 2.51 bits per heavy atom. The maximum absolute atomic E-state index is 14.0. The molecule has 1 aliphatic heterocycles. The van der Waals surface area contributed by atoms with Crippen LogP contribution in [0.2, 0.25) is 0 Å². The van der Waals surface area contributed by atoms with E-state index in [2.05, 4.69) is 20.9 Å². The number of carbonyl (C=O) groups is 1. The van der Waals surface area contributed by atoms with Gasteiger partial charge in [0.2, 0.25) is 21.2 Å². The highest BCUT2D eigenvalue weighted by atomic mass is 32.2. The number of nitrogens with zero attached hydrogens (tertiary/aromatic N) is 3. The fourth-order valence-electron chi connectivity index (χ4n) is 4.69. The molecule has 212 valence electrons. The van der Waals surface area contributed by atoms with Crippen LogP contribution in [0.1, 0.15) is 36.5 Å². The van der Waals surface area contributed by atoms with Crippen LogP contribution in [-0.2, 0) is 19.4 Å². The van der Waals surface area contributed by atoms with E-state index in [1.165, 1.54) is 31.2 Å². The average molecular weight is 574 g/mol. The van der Waals surface area contributed by atoms with E-state index in [0.717, 1.165) is 18.7 Å². The average Bonchev–Trinajstić information content (AvgIpc) is 3.43. The van der Waals surface area contributed by atoms with Crippen LogP contribution in [0.5, 0.6) is 0 Å². The summed E-state index contributed by atoms with van der Waals surface area (Å²) in [6, 6.07) is 19.0. The van der Waals surface area contributed by atoms with Crippen LogP contribution >= 0.6 is 0 Å². The fraction of sp³-hybridized carbons (Fsp3) is 0.310. The molecule has 0 aliphatic carbocycles. The first kappa shape index (κ1) is 28.2. The van der Waals surface area contributed by atoms with Crippen LogP contribution in [0.15, 0.2) is 65.6 Å². The number of rotatable bonds is 10. The normalized spacial score (nSPS) is 14.8. The van der Waals surface area contributed by atoms with E-state index in [4.69, 9.17) is 14.7 Å². The molecule has 1 unspecified atom stereocenters. The number of carbonyl (C=O) groups excluding carboxylic acids is 1. The molecule has 2 aromatic heterocycles. The predicted molar refractivity (Wildman–Crippen MR) is 155 cm³/mol. The Kier molecular flexibility index (Phi) is 8.58. The standard InChI is InChI=1S/C29H31N7O4S/c1-19(37)32-15-16-33-27-24-17-25(34-28(24)36-26(35-27)21-5-3-2-4-6-21)29(40-22-11-13-31-14-12-22)41(38,39)23-9-7-20(18-30)8-10-23/h2-10,17,22,29,31H,11-16H2,1H3,(H,32,37)(H2,33,34,35,36). The number of benzene rings is 2. The number of fused-ring (bicyclic) bond motifs is 1. The van der Waals surface area contributed by atoms with Gasteiger partial charge in [-0.15, -0.1) is 0 Å². The van der Waals surface area contributed by atoms with E-state index in [0.29, 0.717) is 59.9 Å². The molecule has 5 rings (SSSR count). The van der Waals surface area contributed by atoms with Gasteiger partial charge in [-0.25, -0.2) is 18.4 Å². The third-order valence-corrected chi connectivity index (χ3v) is 8.64. The van der Waals surface area contributed by atoms with E-state index in [9.17, 15) is 18.5 Å². The minimum absolute atomic E-state index is 0.0544. The first-order valence-corrected chi connectivity index (χ1v) is 14.9. The van der Waals surface area contributed by atoms with Crippen molar-refractivity contribution in [3.05, 3.63) is 71.9 Å². The molecule has 1 amide bonds. The number of nitrogens with one attached hydrogen (secondary N) is 4. The number of hydrogen-bond acceptors (Lipinski definition) is 9. The van der Waals surface area contributed by atoms with Gasteiger partial charge in [-0.05, 0) is 56.3 Å². The number of H-pyrrole nitrogens is 1. The SMILES string of the molecule is CC(=O)NCCNc1nc(-c2ccccc2)nc2[nH]c(C(OC3CCNCC3)S(=O)(=O)c3ccc(C#N)cc3)cc12. The number of amides is 1. The summed E-state index contributed by atoms with van der Waals surface area (Å²) in [5.41, 5.74) is 0.601. The lowest BCUT2D eigenvalue weighted by Gasteiger charge is -2.27. The summed E-state index contributed by atoms with van der Waals surface area (Å²) in [5, 5.41) is 19.0. The number of anilines is 1. The van der Waals surface area contributed by atoms with E-state index in [-0.39, 0.29) is 16.9 Å². The molecule has 3 heterocycles. The molecule has 0 radical (unpaired) electrons. The molecular formula is C29H31N7O4S. The number of sulfone groups is 1. The van der Waals surface area contributed by atoms with Gasteiger partial charge in [0.25, 0.3) is 0 Å². The molecule has 0 saturated carbocycles. The van der Waals surface area contributed by atoms with Gasteiger partial charge in [0, 0.05) is 25.6 Å². The first-order valence-electron chi connectivity index (χ1n) is 13.4. The number of nitriles is 1. The first-order chi connectivity index (χ1) is 19.8. The quantitative estimate of drug-likeness (QED) is 0.209. The zero-order chi connectivity index (χ0) is 28.8. The van der Waals surface area contributed by atoms with E-state index < -0.39 is 15.3 Å². The smallest absolute Gasteiger partial charge is 0.216 e. The Bertz CT molecular complexity index is 1660. The maximum atomic E-state index is 14.0. The van der Waals surface area contributed by atoms with E-state index in [1.54, 1.807) is 6.07 Å². The van der Waals surface area contributed by atoms with Crippen LogP contribution in [0.25, 0.3) is 22.4 Å². The van der Waals surface area contributed by atoms with Gasteiger partial charge in [0.05, 0.1) is 33.7 Å². The summed E-state index contributed by atoms with van der Waals surface area (Å²) in [4.78, 5) is 24.0. The number of piperidine rings is 1. The van der Waals surface area contributed by atoms with Crippen LogP contribution in [0, 0.1) is 11.3 Å². The van der Waals surface area contributed by atoms with Crippen LogP contribution < -0.4 is 16.0 Å². The molecule has 0 spiro atoms. The van der Waals surface area contributed by atoms with Crippen LogP contribution in [0.3, 0.4) is 0 Å². The van der Waals surface area contributed by atoms with Gasteiger partial charge >= 0.3 is 0 Å². The zero-order valence-corrected chi connectivity index (χ0v) is 23.4.